The Morgan fingerprint density at radius 1 is 1.11 bits per heavy atom. The first kappa shape index (κ1) is 14.8. The number of hydrogen-bond donors (Lipinski definition) is 1. The van der Waals surface area contributed by atoms with Gasteiger partial charge in [-0.3, -0.25) is 0 Å². The van der Waals surface area contributed by atoms with Crippen LogP contribution in [0.1, 0.15) is 45.2 Å². The summed E-state index contributed by atoms with van der Waals surface area (Å²) in [6.07, 6.45) is 1.98. The molecule has 3 nitrogen and oxygen atoms in total. The van der Waals surface area contributed by atoms with Gasteiger partial charge >= 0.3 is 0 Å². The SMILES string of the molecule is COc1cccc(OC)c1C(N)CCC(C)(C)C. The van der Waals surface area contributed by atoms with Crippen LogP contribution < -0.4 is 15.2 Å². The molecule has 1 rings (SSSR count). The molecule has 0 saturated carbocycles. The molecule has 1 atom stereocenters. The zero-order valence-electron chi connectivity index (χ0n) is 12.1. The third-order valence-electron chi connectivity index (χ3n) is 3.04. The number of hydrogen-bond acceptors (Lipinski definition) is 3. The second kappa shape index (κ2) is 6.10. The Labute approximate surface area is 110 Å². The van der Waals surface area contributed by atoms with Crippen LogP contribution in [0.2, 0.25) is 0 Å². The summed E-state index contributed by atoms with van der Waals surface area (Å²) in [5, 5.41) is 0. The molecule has 0 amide bonds. The molecule has 0 radical (unpaired) electrons. The zero-order valence-corrected chi connectivity index (χ0v) is 12.1. The van der Waals surface area contributed by atoms with E-state index in [1.807, 2.05) is 18.2 Å². The van der Waals surface area contributed by atoms with Crippen molar-refractivity contribution in [1.82, 2.24) is 0 Å². The summed E-state index contributed by atoms with van der Waals surface area (Å²) in [7, 11) is 3.32. The molecule has 0 saturated heterocycles. The quantitative estimate of drug-likeness (QED) is 0.870. The summed E-state index contributed by atoms with van der Waals surface area (Å²) in [6.45, 7) is 6.66. The molecule has 1 aromatic carbocycles. The van der Waals surface area contributed by atoms with Gasteiger partial charge in [0, 0.05) is 6.04 Å². The van der Waals surface area contributed by atoms with Crippen molar-refractivity contribution in [2.45, 2.75) is 39.7 Å². The molecule has 3 heteroatoms. The molecular formula is C15H25NO2. The summed E-state index contributed by atoms with van der Waals surface area (Å²) >= 11 is 0. The van der Waals surface area contributed by atoms with Crippen molar-refractivity contribution in [2.24, 2.45) is 11.1 Å². The smallest absolute Gasteiger partial charge is 0.127 e. The predicted octanol–water partition coefficient (Wildman–Crippen LogP) is 3.53. The summed E-state index contributed by atoms with van der Waals surface area (Å²) < 4.78 is 10.8. The van der Waals surface area contributed by atoms with E-state index in [2.05, 4.69) is 20.8 Å². The third-order valence-corrected chi connectivity index (χ3v) is 3.04. The Morgan fingerprint density at radius 3 is 2.00 bits per heavy atom. The van der Waals surface area contributed by atoms with E-state index in [1.165, 1.54) is 0 Å². The molecule has 0 heterocycles. The van der Waals surface area contributed by atoms with Gasteiger partial charge in [0.15, 0.2) is 0 Å². The molecule has 102 valence electrons. The van der Waals surface area contributed by atoms with Gasteiger partial charge in [0.05, 0.1) is 19.8 Å². The first-order chi connectivity index (χ1) is 8.39. The van der Waals surface area contributed by atoms with Gasteiger partial charge < -0.3 is 15.2 Å². The van der Waals surface area contributed by atoms with Crippen molar-refractivity contribution in [3.63, 3.8) is 0 Å². The van der Waals surface area contributed by atoms with Gasteiger partial charge in [0.2, 0.25) is 0 Å². The van der Waals surface area contributed by atoms with Crippen LogP contribution in [-0.4, -0.2) is 14.2 Å². The highest BCUT2D eigenvalue weighted by atomic mass is 16.5. The first-order valence-electron chi connectivity index (χ1n) is 6.35. The van der Waals surface area contributed by atoms with E-state index in [0.29, 0.717) is 0 Å². The van der Waals surface area contributed by atoms with Crippen LogP contribution in [0, 0.1) is 5.41 Å². The van der Waals surface area contributed by atoms with E-state index in [0.717, 1.165) is 29.9 Å². The highest BCUT2D eigenvalue weighted by Crippen LogP contribution is 2.36. The van der Waals surface area contributed by atoms with Crippen molar-refractivity contribution in [2.75, 3.05) is 14.2 Å². The lowest BCUT2D eigenvalue weighted by Gasteiger charge is -2.23. The van der Waals surface area contributed by atoms with Gasteiger partial charge in [-0.2, -0.15) is 0 Å². The normalized spacial score (nSPS) is 13.2. The van der Waals surface area contributed by atoms with E-state index in [9.17, 15) is 0 Å². The number of benzene rings is 1. The van der Waals surface area contributed by atoms with Crippen molar-refractivity contribution in [1.29, 1.82) is 0 Å². The van der Waals surface area contributed by atoms with Crippen LogP contribution in [0.3, 0.4) is 0 Å². The van der Waals surface area contributed by atoms with E-state index in [1.54, 1.807) is 14.2 Å². The maximum absolute atomic E-state index is 6.29. The summed E-state index contributed by atoms with van der Waals surface area (Å²) in [4.78, 5) is 0. The Kier molecular flexibility index (Phi) is 5.03. The Morgan fingerprint density at radius 2 is 1.61 bits per heavy atom. The van der Waals surface area contributed by atoms with Gasteiger partial charge in [-0.1, -0.05) is 26.8 Å². The van der Waals surface area contributed by atoms with Gasteiger partial charge in [0.1, 0.15) is 11.5 Å². The van der Waals surface area contributed by atoms with Crippen LogP contribution in [0.25, 0.3) is 0 Å². The average Bonchev–Trinajstić information content (AvgIpc) is 2.33. The van der Waals surface area contributed by atoms with Crippen molar-refractivity contribution in [3.8, 4) is 11.5 Å². The second-order valence-electron chi connectivity index (χ2n) is 5.78. The fraction of sp³-hybridized carbons (Fsp3) is 0.600. The maximum Gasteiger partial charge on any atom is 0.127 e. The third kappa shape index (κ3) is 3.91. The van der Waals surface area contributed by atoms with Crippen molar-refractivity contribution in [3.05, 3.63) is 23.8 Å². The van der Waals surface area contributed by atoms with Crippen LogP contribution in [0.5, 0.6) is 11.5 Å². The molecule has 18 heavy (non-hydrogen) atoms. The first-order valence-corrected chi connectivity index (χ1v) is 6.35. The van der Waals surface area contributed by atoms with Gasteiger partial charge in [-0.05, 0) is 30.4 Å². The monoisotopic (exact) mass is 251 g/mol. The molecular weight excluding hydrogens is 226 g/mol. The molecule has 0 spiro atoms. The molecule has 0 fully saturated rings. The minimum Gasteiger partial charge on any atom is -0.496 e. The lowest BCUT2D eigenvalue weighted by molar-refractivity contribution is 0.337. The lowest BCUT2D eigenvalue weighted by Crippen LogP contribution is -2.16. The standard InChI is InChI=1S/C15H25NO2/c1-15(2,3)10-9-11(16)14-12(17-4)7-6-8-13(14)18-5/h6-8,11H,9-10,16H2,1-5H3. The zero-order chi connectivity index (χ0) is 13.8. The Hall–Kier alpha value is -1.22. The topological polar surface area (TPSA) is 44.5 Å². The molecule has 0 bridgehead atoms. The maximum atomic E-state index is 6.29. The number of ether oxygens (including phenoxy) is 2. The fourth-order valence-electron chi connectivity index (χ4n) is 1.98. The van der Waals surface area contributed by atoms with Crippen LogP contribution in [-0.2, 0) is 0 Å². The van der Waals surface area contributed by atoms with E-state index < -0.39 is 0 Å². The van der Waals surface area contributed by atoms with Crippen molar-refractivity contribution >= 4 is 0 Å². The highest BCUT2D eigenvalue weighted by Gasteiger charge is 2.20. The van der Waals surface area contributed by atoms with E-state index in [-0.39, 0.29) is 11.5 Å². The summed E-state index contributed by atoms with van der Waals surface area (Å²) in [5.74, 6) is 1.60. The van der Waals surface area contributed by atoms with Crippen molar-refractivity contribution < 1.29 is 9.47 Å². The number of nitrogens with two attached hydrogens (primary N) is 1. The van der Waals surface area contributed by atoms with Gasteiger partial charge in [0.25, 0.3) is 0 Å². The summed E-state index contributed by atoms with van der Waals surface area (Å²) in [5.41, 5.74) is 7.54. The molecule has 0 aromatic heterocycles. The lowest BCUT2D eigenvalue weighted by atomic mass is 9.87. The Bertz CT molecular complexity index is 360. The van der Waals surface area contributed by atoms with Crippen LogP contribution in [0.15, 0.2) is 18.2 Å². The summed E-state index contributed by atoms with van der Waals surface area (Å²) in [6, 6.07) is 5.71. The van der Waals surface area contributed by atoms with Crippen LogP contribution >= 0.6 is 0 Å². The molecule has 0 aliphatic rings. The molecule has 2 N–H and O–H groups in total. The molecule has 0 aliphatic heterocycles. The van der Waals surface area contributed by atoms with Gasteiger partial charge in [-0.15, -0.1) is 0 Å². The second-order valence-corrected chi connectivity index (χ2v) is 5.78. The minimum absolute atomic E-state index is 0.0599. The van der Waals surface area contributed by atoms with Gasteiger partial charge in [-0.25, -0.2) is 0 Å². The number of rotatable bonds is 5. The predicted molar refractivity (Wildman–Crippen MR) is 75.2 cm³/mol. The average molecular weight is 251 g/mol. The Balaban J connectivity index is 2.92. The molecule has 1 unspecified atom stereocenters. The number of methoxy groups -OCH3 is 2. The minimum atomic E-state index is -0.0599. The molecule has 1 aromatic rings. The van der Waals surface area contributed by atoms with Crippen LogP contribution in [0.4, 0.5) is 0 Å². The largest absolute Gasteiger partial charge is 0.496 e. The fourth-order valence-corrected chi connectivity index (χ4v) is 1.98. The van der Waals surface area contributed by atoms with E-state index in [4.69, 9.17) is 15.2 Å². The van der Waals surface area contributed by atoms with E-state index >= 15 is 0 Å². The highest BCUT2D eigenvalue weighted by molar-refractivity contribution is 5.46. The molecule has 0 aliphatic carbocycles.